The summed E-state index contributed by atoms with van der Waals surface area (Å²) in [6.45, 7) is 6.13. The Morgan fingerprint density at radius 1 is 1.04 bits per heavy atom. The number of likely N-dealkylation sites (N-methyl/N-ethyl adjacent to an activating group) is 2. The number of nitrogens with zero attached hydrogens (tertiary/aromatic N) is 3. The van der Waals surface area contributed by atoms with Crippen LogP contribution in [0.5, 0.6) is 0 Å². The number of fused-ring (bicyclic) bond motifs is 1. The monoisotopic (exact) mass is 367 g/mol. The van der Waals surface area contributed by atoms with E-state index in [0.717, 1.165) is 16.1 Å². The summed E-state index contributed by atoms with van der Waals surface area (Å²) in [4.78, 5) is 21.9. The van der Waals surface area contributed by atoms with E-state index in [4.69, 9.17) is 4.98 Å². The van der Waals surface area contributed by atoms with Gasteiger partial charge in [0.25, 0.3) is 0 Å². The van der Waals surface area contributed by atoms with E-state index in [9.17, 15) is 4.79 Å². The van der Waals surface area contributed by atoms with Crippen LogP contribution in [0.1, 0.15) is 30.5 Å². The first kappa shape index (κ1) is 18.5. The summed E-state index contributed by atoms with van der Waals surface area (Å²) in [6, 6.07) is 17.9. The zero-order valence-electron chi connectivity index (χ0n) is 15.6. The van der Waals surface area contributed by atoms with Gasteiger partial charge >= 0.3 is 0 Å². The molecule has 26 heavy (non-hydrogen) atoms. The molecule has 0 unspecified atom stereocenters. The lowest BCUT2D eigenvalue weighted by atomic mass is 10.0. The van der Waals surface area contributed by atoms with E-state index in [-0.39, 0.29) is 11.9 Å². The third kappa shape index (κ3) is 3.94. The van der Waals surface area contributed by atoms with Crippen molar-refractivity contribution >= 4 is 27.5 Å². The summed E-state index contributed by atoms with van der Waals surface area (Å²) >= 11 is 1.69. The molecule has 2 aromatic carbocycles. The largest absolute Gasteiger partial charge is 0.342 e. The summed E-state index contributed by atoms with van der Waals surface area (Å²) in [5.74, 6) is 0.143. The number of carbonyl (C=O) groups excluding carboxylic acids is 1. The number of carbonyl (C=O) groups is 1. The number of amides is 1. The van der Waals surface area contributed by atoms with Crippen LogP contribution in [-0.4, -0.2) is 40.8 Å². The second kappa shape index (κ2) is 8.43. The van der Waals surface area contributed by atoms with Crippen molar-refractivity contribution in [3.05, 3.63) is 65.2 Å². The summed E-state index contributed by atoms with van der Waals surface area (Å²) in [5.41, 5.74) is 2.04. The number of rotatable bonds is 7. The van der Waals surface area contributed by atoms with Gasteiger partial charge in [0.1, 0.15) is 11.0 Å². The number of hydrogen-bond donors (Lipinski definition) is 0. The average molecular weight is 368 g/mol. The van der Waals surface area contributed by atoms with E-state index in [2.05, 4.69) is 11.0 Å². The first-order valence-corrected chi connectivity index (χ1v) is 9.84. The molecule has 0 aliphatic heterocycles. The van der Waals surface area contributed by atoms with E-state index in [1.54, 1.807) is 11.3 Å². The second-order valence-electron chi connectivity index (χ2n) is 6.31. The zero-order chi connectivity index (χ0) is 18.5. The van der Waals surface area contributed by atoms with Crippen LogP contribution in [0.2, 0.25) is 0 Å². The van der Waals surface area contributed by atoms with Gasteiger partial charge in [-0.25, -0.2) is 4.98 Å². The van der Waals surface area contributed by atoms with Gasteiger partial charge in [-0.2, -0.15) is 0 Å². The van der Waals surface area contributed by atoms with Gasteiger partial charge in [-0.05, 0) is 38.6 Å². The Balaban J connectivity index is 1.88. The molecule has 0 bridgehead atoms. The van der Waals surface area contributed by atoms with Crippen LogP contribution in [0, 0.1) is 0 Å². The number of benzene rings is 2. The van der Waals surface area contributed by atoms with Crippen LogP contribution in [0.25, 0.3) is 10.2 Å². The third-order valence-electron chi connectivity index (χ3n) is 4.59. The quantitative estimate of drug-likeness (QED) is 0.623. The summed E-state index contributed by atoms with van der Waals surface area (Å²) < 4.78 is 1.18. The van der Waals surface area contributed by atoms with Crippen molar-refractivity contribution in [1.82, 2.24) is 14.8 Å². The molecule has 3 aromatic rings. The maximum atomic E-state index is 13.2. The predicted octanol–water partition coefficient (Wildman–Crippen LogP) is 4.34. The van der Waals surface area contributed by atoms with E-state index in [0.29, 0.717) is 19.6 Å². The van der Waals surface area contributed by atoms with Crippen molar-refractivity contribution in [3.63, 3.8) is 0 Å². The fourth-order valence-electron chi connectivity index (χ4n) is 3.22. The molecule has 136 valence electrons. The molecule has 1 amide bonds. The number of para-hydroxylation sites is 1. The molecule has 0 saturated carbocycles. The molecule has 0 aliphatic rings. The normalized spacial score (nSPS) is 12.5. The molecule has 0 N–H and O–H groups in total. The van der Waals surface area contributed by atoms with Gasteiger partial charge in [0, 0.05) is 13.1 Å². The first-order chi connectivity index (χ1) is 12.6. The Bertz CT molecular complexity index is 825. The van der Waals surface area contributed by atoms with E-state index >= 15 is 0 Å². The highest BCUT2D eigenvalue weighted by Gasteiger charge is 2.28. The van der Waals surface area contributed by atoms with Crippen molar-refractivity contribution in [2.75, 3.05) is 20.1 Å². The highest BCUT2D eigenvalue weighted by Crippen LogP contribution is 2.27. The molecule has 0 aliphatic carbocycles. The molecule has 3 rings (SSSR count). The zero-order valence-corrected chi connectivity index (χ0v) is 16.4. The number of thiazole rings is 1. The van der Waals surface area contributed by atoms with Gasteiger partial charge in [0.15, 0.2) is 0 Å². The topological polar surface area (TPSA) is 36.4 Å². The number of hydrogen-bond acceptors (Lipinski definition) is 4. The highest BCUT2D eigenvalue weighted by atomic mass is 32.1. The molecule has 0 fully saturated rings. The molecule has 1 atom stereocenters. The van der Waals surface area contributed by atoms with Crippen molar-refractivity contribution in [1.29, 1.82) is 0 Å². The first-order valence-electron chi connectivity index (χ1n) is 9.02. The maximum Gasteiger partial charge on any atom is 0.244 e. The fourth-order valence-corrected chi connectivity index (χ4v) is 4.25. The Kier molecular flexibility index (Phi) is 6.01. The Hall–Kier alpha value is -2.24. The molecule has 0 radical (unpaired) electrons. The lowest BCUT2D eigenvalue weighted by Crippen LogP contribution is -2.41. The van der Waals surface area contributed by atoms with Crippen LogP contribution in [-0.2, 0) is 11.3 Å². The molecule has 4 nitrogen and oxygen atoms in total. The standard InChI is InChI=1S/C21H25N3OS/c1-4-24(5-2)21(25)20(16-11-7-6-8-12-16)23(3)15-19-22-17-13-9-10-14-18(17)26-19/h6-14,20H,4-5,15H2,1-3H3/t20-/m0/s1. The molecule has 0 spiro atoms. The number of aromatic nitrogens is 1. The van der Waals surface area contributed by atoms with Crippen LogP contribution in [0.15, 0.2) is 54.6 Å². The minimum atomic E-state index is -0.303. The van der Waals surface area contributed by atoms with Crippen molar-refractivity contribution in [2.24, 2.45) is 0 Å². The second-order valence-corrected chi connectivity index (χ2v) is 7.43. The van der Waals surface area contributed by atoms with Crippen LogP contribution in [0.3, 0.4) is 0 Å². The van der Waals surface area contributed by atoms with Crippen LogP contribution in [0.4, 0.5) is 0 Å². The summed E-state index contributed by atoms with van der Waals surface area (Å²) in [6.07, 6.45) is 0. The lowest BCUT2D eigenvalue weighted by molar-refractivity contribution is -0.136. The minimum absolute atomic E-state index is 0.143. The van der Waals surface area contributed by atoms with Gasteiger partial charge < -0.3 is 4.90 Å². The highest BCUT2D eigenvalue weighted by molar-refractivity contribution is 7.18. The minimum Gasteiger partial charge on any atom is -0.342 e. The summed E-state index contributed by atoms with van der Waals surface area (Å²) in [7, 11) is 2.01. The molecule has 1 heterocycles. The van der Waals surface area contributed by atoms with E-state index < -0.39 is 0 Å². The van der Waals surface area contributed by atoms with Gasteiger partial charge in [-0.3, -0.25) is 9.69 Å². The van der Waals surface area contributed by atoms with Gasteiger partial charge in [0.2, 0.25) is 5.91 Å². The SMILES string of the molecule is CCN(CC)C(=O)[C@H](c1ccccc1)N(C)Cc1nc2ccccc2s1. The van der Waals surface area contributed by atoms with E-state index in [1.165, 1.54) is 4.70 Å². The molecule has 0 saturated heterocycles. The smallest absolute Gasteiger partial charge is 0.244 e. The summed E-state index contributed by atoms with van der Waals surface area (Å²) in [5, 5.41) is 1.03. The van der Waals surface area contributed by atoms with Crippen LogP contribution >= 0.6 is 11.3 Å². The Morgan fingerprint density at radius 3 is 2.35 bits per heavy atom. The predicted molar refractivity (Wildman–Crippen MR) is 108 cm³/mol. The average Bonchev–Trinajstić information content (AvgIpc) is 3.06. The maximum absolute atomic E-state index is 13.2. The van der Waals surface area contributed by atoms with Crippen molar-refractivity contribution in [2.45, 2.75) is 26.4 Å². The Morgan fingerprint density at radius 2 is 1.69 bits per heavy atom. The van der Waals surface area contributed by atoms with Crippen molar-refractivity contribution in [3.8, 4) is 0 Å². The molecule has 1 aromatic heterocycles. The third-order valence-corrected chi connectivity index (χ3v) is 5.61. The molecular formula is C21H25N3OS. The van der Waals surface area contributed by atoms with Crippen LogP contribution < -0.4 is 0 Å². The van der Waals surface area contributed by atoms with Gasteiger partial charge in [0.05, 0.1) is 16.8 Å². The van der Waals surface area contributed by atoms with E-state index in [1.807, 2.05) is 74.3 Å². The Labute approximate surface area is 159 Å². The van der Waals surface area contributed by atoms with Gasteiger partial charge in [-0.1, -0.05) is 42.5 Å². The van der Waals surface area contributed by atoms with Crippen molar-refractivity contribution < 1.29 is 4.79 Å². The van der Waals surface area contributed by atoms with Gasteiger partial charge in [-0.15, -0.1) is 11.3 Å². The fraction of sp³-hybridized carbons (Fsp3) is 0.333. The lowest BCUT2D eigenvalue weighted by Gasteiger charge is -2.31. The molecule has 5 heteroatoms. The molecular weight excluding hydrogens is 342 g/mol.